The van der Waals surface area contributed by atoms with Gasteiger partial charge in [0.05, 0.1) is 5.69 Å². The van der Waals surface area contributed by atoms with E-state index in [1.54, 1.807) is 25.2 Å². The Balaban J connectivity index is 2.65. The third-order valence-corrected chi connectivity index (χ3v) is 2.00. The molecule has 0 radical (unpaired) electrons. The van der Waals surface area contributed by atoms with E-state index in [9.17, 15) is 9.59 Å². The highest BCUT2D eigenvalue weighted by Crippen LogP contribution is 2.14. The van der Waals surface area contributed by atoms with Crippen LogP contribution in [0.1, 0.15) is 12.0 Å². The van der Waals surface area contributed by atoms with E-state index in [1.165, 1.54) is 6.08 Å². The van der Waals surface area contributed by atoms with Crippen molar-refractivity contribution in [3.8, 4) is 0 Å². The molecule has 0 aromatic heterocycles. The van der Waals surface area contributed by atoms with Crippen LogP contribution in [-0.2, 0) is 16.0 Å². The van der Waals surface area contributed by atoms with Crippen molar-refractivity contribution in [2.75, 3.05) is 7.05 Å². The third-order valence-electron chi connectivity index (χ3n) is 2.00. The maximum absolute atomic E-state index is 11.0. The molecule has 0 saturated carbocycles. The minimum atomic E-state index is -0.000656. The van der Waals surface area contributed by atoms with Crippen LogP contribution in [0.2, 0.25) is 0 Å². The molecule has 1 rings (SSSR count). The zero-order chi connectivity index (χ0) is 11.1. The van der Waals surface area contributed by atoms with Crippen LogP contribution in [0, 0.1) is 0 Å². The van der Waals surface area contributed by atoms with Gasteiger partial charge in [-0.2, -0.15) is 4.99 Å². The summed E-state index contributed by atoms with van der Waals surface area (Å²) in [7, 11) is 1.61. The fraction of sp³-hybridized carbons (Fsp3) is 0.273. The van der Waals surface area contributed by atoms with Gasteiger partial charge in [0.25, 0.3) is 0 Å². The molecular formula is C11H12N2O2. The minimum Gasteiger partial charge on any atom is -0.359 e. The molecule has 1 aromatic carbocycles. The van der Waals surface area contributed by atoms with Gasteiger partial charge in [-0.3, -0.25) is 4.79 Å². The molecule has 4 nitrogen and oxygen atoms in total. The SMILES string of the molecule is CNC(=O)CCc1cccc(N=C=O)c1. The lowest BCUT2D eigenvalue weighted by Crippen LogP contribution is -2.17. The fourth-order valence-corrected chi connectivity index (χ4v) is 1.22. The first kappa shape index (κ1) is 11.1. The van der Waals surface area contributed by atoms with Crippen molar-refractivity contribution in [1.82, 2.24) is 5.32 Å². The van der Waals surface area contributed by atoms with Crippen molar-refractivity contribution >= 4 is 17.7 Å². The van der Waals surface area contributed by atoms with Gasteiger partial charge in [0.1, 0.15) is 0 Å². The van der Waals surface area contributed by atoms with Crippen molar-refractivity contribution in [2.24, 2.45) is 4.99 Å². The number of hydrogen-bond donors (Lipinski definition) is 1. The first-order valence-corrected chi connectivity index (χ1v) is 4.63. The highest BCUT2D eigenvalue weighted by molar-refractivity contribution is 5.75. The first-order chi connectivity index (χ1) is 7.26. The molecule has 0 aliphatic rings. The molecule has 0 saturated heterocycles. The zero-order valence-corrected chi connectivity index (χ0v) is 8.49. The zero-order valence-electron chi connectivity index (χ0n) is 8.49. The van der Waals surface area contributed by atoms with Crippen LogP contribution >= 0.6 is 0 Å². The molecule has 0 fully saturated rings. The second kappa shape index (κ2) is 5.73. The van der Waals surface area contributed by atoms with Crippen molar-refractivity contribution in [3.05, 3.63) is 29.8 Å². The molecule has 0 unspecified atom stereocenters. The summed E-state index contributed by atoms with van der Waals surface area (Å²) < 4.78 is 0. The molecule has 0 spiro atoms. The van der Waals surface area contributed by atoms with Gasteiger partial charge in [-0.15, -0.1) is 0 Å². The summed E-state index contributed by atoms with van der Waals surface area (Å²) >= 11 is 0. The van der Waals surface area contributed by atoms with Crippen LogP contribution in [-0.4, -0.2) is 19.0 Å². The van der Waals surface area contributed by atoms with E-state index in [1.807, 2.05) is 6.07 Å². The standard InChI is InChI=1S/C11H12N2O2/c1-12-11(15)6-5-9-3-2-4-10(7-9)13-8-14/h2-4,7H,5-6H2,1H3,(H,12,15). The van der Waals surface area contributed by atoms with Gasteiger partial charge in [0.15, 0.2) is 0 Å². The number of benzene rings is 1. The highest BCUT2D eigenvalue weighted by atomic mass is 16.1. The van der Waals surface area contributed by atoms with Crippen molar-refractivity contribution in [3.63, 3.8) is 0 Å². The molecule has 1 N–H and O–H groups in total. The lowest BCUT2D eigenvalue weighted by Gasteiger charge is -2.01. The Morgan fingerprint density at radius 1 is 1.53 bits per heavy atom. The van der Waals surface area contributed by atoms with E-state index in [4.69, 9.17) is 0 Å². The summed E-state index contributed by atoms with van der Waals surface area (Å²) in [4.78, 5) is 24.5. The fourth-order valence-electron chi connectivity index (χ4n) is 1.22. The molecule has 78 valence electrons. The van der Waals surface area contributed by atoms with E-state index >= 15 is 0 Å². The Kier molecular flexibility index (Phi) is 4.26. The lowest BCUT2D eigenvalue weighted by atomic mass is 10.1. The molecule has 1 aromatic rings. The van der Waals surface area contributed by atoms with Crippen molar-refractivity contribution in [2.45, 2.75) is 12.8 Å². The average Bonchev–Trinajstić information content (AvgIpc) is 2.27. The van der Waals surface area contributed by atoms with Gasteiger partial charge in [-0.05, 0) is 24.1 Å². The number of nitrogens with one attached hydrogen (secondary N) is 1. The largest absolute Gasteiger partial charge is 0.359 e. The van der Waals surface area contributed by atoms with E-state index in [0.717, 1.165) is 5.56 Å². The van der Waals surface area contributed by atoms with Crippen LogP contribution < -0.4 is 5.32 Å². The summed E-state index contributed by atoms with van der Waals surface area (Å²) in [6, 6.07) is 7.18. The number of isocyanates is 1. The third kappa shape index (κ3) is 3.75. The Morgan fingerprint density at radius 3 is 3.00 bits per heavy atom. The van der Waals surface area contributed by atoms with Crippen LogP contribution in [0.5, 0.6) is 0 Å². The predicted molar refractivity (Wildman–Crippen MR) is 56.6 cm³/mol. The molecule has 1 amide bonds. The van der Waals surface area contributed by atoms with Gasteiger partial charge in [0, 0.05) is 13.5 Å². The van der Waals surface area contributed by atoms with Gasteiger partial charge in [-0.1, -0.05) is 12.1 Å². The summed E-state index contributed by atoms with van der Waals surface area (Å²) in [5.74, 6) is -0.000656. The molecule has 0 atom stereocenters. The topological polar surface area (TPSA) is 58.5 Å². The van der Waals surface area contributed by atoms with E-state index in [0.29, 0.717) is 18.5 Å². The molecule has 15 heavy (non-hydrogen) atoms. The quantitative estimate of drug-likeness (QED) is 0.594. The number of aryl methyl sites for hydroxylation is 1. The van der Waals surface area contributed by atoms with Crippen molar-refractivity contribution < 1.29 is 9.59 Å². The van der Waals surface area contributed by atoms with Gasteiger partial charge in [0.2, 0.25) is 12.0 Å². The Morgan fingerprint density at radius 2 is 2.33 bits per heavy atom. The molecule has 4 heteroatoms. The second-order valence-corrected chi connectivity index (χ2v) is 3.05. The normalized spacial score (nSPS) is 9.13. The average molecular weight is 204 g/mol. The number of carbonyl (C=O) groups excluding carboxylic acids is 2. The number of aliphatic imine (C=N–C) groups is 1. The lowest BCUT2D eigenvalue weighted by molar-refractivity contribution is -0.120. The number of hydrogen-bond acceptors (Lipinski definition) is 3. The smallest absolute Gasteiger partial charge is 0.240 e. The number of amides is 1. The summed E-state index contributed by atoms with van der Waals surface area (Å²) in [5.41, 5.74) is 1.55. The maximum atomic E-state index is 11.0. The van der Waals surface area contributed by atoms with Crippen LogP contribution in [0.3, 0.4) is 0 Å². The second-order valence-electron chi connectivity index (χ2n) is 3.05. The van der Waals surface area contributed by atoms with Crippen LogP contribution in [0.15, 0.2) is 29.3 Å². The molecule has 0 heterocycles. The minimum absolute atomic E-state index is 0.000656. The molecular weight excluding hydrogens is 192 g/mol. The summed E-state index contributed by atoms with van der Waals surface area (Å²) in [5, 5.41) is 2.55. The van der Waals surface area contributed by atoms with Crippen LogP contribution in [0.25, 0.3) is 0 Å². The van der Waals surface area contributed by atoms with Crippen molar-refractivity contribution in [1.29, 1.82) is 0 Å². The summed E-state index contributed by atoms with van der Waals surface area (Å²) in [6.45, 7) is 0. The molecule has 0 bridgehead atoms. The summed E-state index contributed by atoms with van der Waals surface area (Å²) in [6.07, 6.45) is 2.56. The maximum Gasteiger partial charge on any atom is 0.240 e. The number of nitrogens with zero attached hydrogens (tertiary/aromatic N) is 1. The molecule has 0 aliphatic heterocycles. The Hall–Kier alpha value is -1.93. The van der Waals surface area contributed by atoms with E-state index in [-0.39, 0.29) is 5.91 Å². The number of carbonyl (C=O) groups is 1. The monoisotopic (exact) mass is 204 g/mol. The van der Waals surface area contributed by atoms with E-state index < -0.39 is 0 Å². The number of rotatable bonds is 4. The van der Waals surface area contributed by atoms with Gasteiger partial charge < -0.3 is 5.32 Å². The predicted octanol–water partition coefficient (Wildman–Crippen LogP) is 1.33. The Bertz CT molecular complexity index is 395. The van der Waals surface area contributed by atoms with E-state index in [2.05, 4.69) is 10.3 Å². The van der Waals surface area contributed by atoms with Crippen LogP contribution in [0.4, 0.5) is 5.69 Å². The first-order valence-electron chi connectivity index (χ1n) is 4.63. The molecule has 0 aliphatic carbocycles. The van der Waals surface area contributed by atoms with Gasteiger partial charge >= 0.3 is 0 Å². The Labute approximate surface area is 88.0 Å². The highest BCUT2D eigenvalue weighted by Gasteiger charge is 2.00. The van der Waals surface area contributed by atoms with Gasteiger partial charge in [-0.25, -0.2) is 4.79 Å².